The summed E-state index contributed by atoms with van der Waals surface area (Å²) < 4.78 is 10.5. The number of nitrogens with one attached hydrogen (secondary N) is 1. The Hall–Kier alpha value is -3.48. The zero-order valence-corrected chi connectivity index (χ0v) is 17.9. The van der Waals surface area contributed by atoms with Gasteiger partial charge in [-0.1, -0.05) is 18.2 Å². The maximum Gasteiger partial charge on any atom is 0.254 e. The average molecular weight is 421 g/mol. The predicted octanol–water partition coefficient (Wildman–Crippen LogP) is 3.10. The first-order valence-corrected chi connectivity index (χ1v) is 10.4. The highest BCUT2D eigenvalue weighted by atomic mass is 16.5. The van der Waals surface area contributed by atoms with E-state index in [1.165, 1.54) is 5.39 Å². The summed E-state index contributed by atoms with van der Waals surface area (Å²) in [6, 6.07) is 13.3. The van der Waals surface area contributed by atoms with Crippen LogP contribution in [-0.2, 0) is 11.2 Å². The van der Waals surface area contributed by atoms with Gasteiger partial charge in [0.1, 0.15) is 0 Å². The summed E-state index contributed by atoms with van der Waals surface area (Å²) in [6.45, 7) is 2.13. The zero-order chi connectivity index (χ0) is 21.8. The van der Waals surface area contributed by atoms with Crippen LogP contribution >= 0.6 is 0 Å². The van der Waals surface area contributed by atoms with E-state index in [1.807, 2.05) is 29.3 Å². The van der Waals surface area contributed by atoms with Gasteiger partial charge in [-0.25, -0.2) is 0 Å². The number of H-pyrrole nitrogens is 1. The second-order valence-corrected chi connectivity index (χ2v) is 7.60. The smallest absolute Gasteiger partial charge is 0.254 e. The molecule has 1 aliphatic heterocycles. The monoisotopic (exact) mass is 421 g/mol. The summed E-state index contributed by atoms with van der Waals surface area (Å²) in [4.78, 5) is 32.5. The first-order chi connectivity index (χ1) is 15.1. The number of amides is 2. The van der Waals surface area contributed by atoms with Crippen molar-refractivity contribution < 1.29 is 19.1 Å². The lowest BCUT2D eigenvalue weighted by atomic mass is 10.1. The third-order valence-corrected chi connectivity index (χ3v) is 5.83. The molecule has 0 saturated carbocycles. The van der Waals surface area contributed by atoms with Crippen molar-refractivity contribution in [2.75, 3.05) is 40.4 Å². The Morgan fingerprint density at radius 2 is 1.65 bits per heavy atom. The van der Waals surface area contributed by atoms with Crippen LogP contribution in [0.25, 0.3) is 10.9 Å². The fourth-order valence-electron chi connectivity index (χ4n) is 4.05. The molecule has 3 aromatic rings. The van der Waals surface area contributed by atoms with E-state index in [1.54, 1.807) is 37.3 Å². The van der Waals surface area contributed by atoms with Crippen molar-refractivity contribution in [2.45, 2.75) is 12.8 Å². The molecule has 4 rings (SSSR count). The predicted molar refractivity (Wildman–Crippen MR) is 119 cm³/mol. The Morgan fingerprint density at radius 1 is 0.935 bits per heavy atom. The van der Waals surface area contributed by atoms with Gasteiger partial charge in [-0.3, -0.25) is 9.59 Å². The Kier molecular flexibility index (Phi) is 6.11. The van der Waals surface area contributed by atoms with E-state index in [0.29, 0.717) is 56.1 Å². The molecule has 0 spiro atoms. The van der Waals surface area contributed by atoms with Gasteiger partial charge in [-0.2, -0.15) is 0 Å². The van der Waals surface area contributed by atoms with Gasteiger partial charge in [0.2, 0.25) is 5.91 Å². The highest BCUT2D eigenvalue weighted by Crippen LogP contribution is 2.28. The van der Waals surface area contributed by atoms with Gasteiger partial charge >= 0.3 is 0 Å². The molecule has 31 heavy (non-hydrogen) atoms. The van der Waals surface area contributed by atoms with Gasteiger partial charge in [0, 0.05) is 55.3 Å². The van der Waals surface area contributed by atoms with Crippen molar-refractivity contribution in [3.8, 4) is 11.5 Å². The van der Waals surface area contributed by atoms with E-state index in [2.05, 4.69) is 11.1 Å². The standard InChI is InChI=1S/C24H27N3O4/c1-30-21-9-7-17(15-22(21)31-2)24(29)27-13-11-26(12-14-27)23(28)10-8-18-16-25-20-6-4-3-5-19(18)20/h3-7,9,15-16,25H,8,10-14H2,1-2H3. The first kappa shape index (κ1) is 20.8. The van der Waals surface area contributed by atoms with E-state index in [-0.39, 0.29) is 11.8 Å². The van der Waals surface area contributed by atoms with Crippen LogP contribution in [0, 0.1) is 0 Å². The number of rotatable bonds is 6. The number of benzene rings is 2. The summed E-state index contributed by atoms with van der Waals surface area (Å²) in [6.07, 6.45) is 3.15. The molecule has 162 valence electrons. The second kappa shape index (κ2) is 9.12. The number of carbonyl (C=O) groups excluding carboxylic acids is 2. The highest BCUT2D eigenvalue weighted by molar-refractivity contribution is 5.95. The molecule has 0 radical (unpaired) electrons. The summed E-state index contributed by atoms with van der Waals surface area (Å²) in [5.74, 6) is 1.18. The first-order valence-electron chi connectivity index (χ1n) is 10.4. The number of aryl methyl sites for hydroxylation is 1. The number of para-hydroxylation sites is 1. The molecule has 1 aliphatic rings. The average Bonchev–Trinajstić information content (AvgIpc) is 3.24. The highest BCUT2D eigenvalue weighted by Gasteiger charge is 2.25. The number of methoxy groups -OCH3 is 2. The molecule has 1 aromatic heterocycles. The minimum atomic E-state index is -0.0631. The molecule has 0 unspecified atom stereocenters. The van der Waals surface area contributed by atoms with Crippen molar-refractivity contribution in [3.63, 3.8) is 0 Å². The molecule has 2 heterocycles. The number of hydrogen-bond donors (Lipinski definition) is 1. The van der Waals surface area contributed by atoms with Crippen molar-refractivity contribution in [2.24, 2.45) is 0 Å². The van der Waals surface area contributed by atoms with Crippen LogP contribution in [0.5, 0.6) is 11.5 Å². The number of hydrogen-bond acceptors (Lipinski definition) is 4. The Morgan fingerprint density at radius 3 is 2.39 bits per heavy atom. The molecule has 7 heteroatoms. The normalized spacial score (nSPS) is 14.0. The van der Waals surface area contributed by atoms with E-state index in [9.17, 15) is 9.59 Å². The Bertz CT molecular complexity index is 1080. The molecule has 1 saturated heterocycles. The van der Waals surface area contributed by atoms with Gasteiger partial charge < -0.3 is 24.3 Å². The number of piperazine rings is 1. The maximum atomic E-state index is 12.9. The van der Waals surface area contributed by atoms with Crippen LogP contribution in [-0.4, -0.2) is 67.0 Å². The molecule has 0 bridgehead atoms. The fraction of sp³-hybridized carbons (Fsp3) is 0.333. The Balaban J connectivity index is 1.32. The van der Waals surface area contributed by atoms with Crippen LogP contribution in [0.2, 0.25) is 0 Å². The van der Waals surface area contributed by atoms with Crippen molar-refractivity contribution >= 4 is 22.7 Å². The van der Waals surface area contributed by atoms with Crippen molar-refractivity contribution in [3.05, 3.63) is 59.8 Å². The summed E-state index contributed by atoms with van der Waals surface area (Å²) in [7, 11) is 3.11. The number of nitrogens with zero attached hydrogens (tertiary/aromatic N) is 2. The summed E-state index contributed by atoms with van der Waals surface area (Å²) in [5, 5.41) is 1.17. The zero-order valence-electron chi connectivity index (χ0n) is 17.9. The Labute approximate surface area is 181 Å². The third kappa shape index (κ3) is 4.35. The van der Waals surface area contributed by atoms with Crippen LogP contribution < -0.4 is 9.47 Å². The molecule has 1 fully saturated rings. The molecule has 1 N–H and O–H groups in total. The lowest BCUT2D eigenvalue weighted by Crippen LogP contribution is -2.50. The lowest BCUT2D eigenvalue weighted by Gasteiger charge is -2.35. The summed E-state index contributed by atoms with van der Waals surface area (Å²) in [5.41, 5.74) is 2.80. The SMILES string of the molecule is COc1ccc(C(=O)N2CCN(C(=O)CCc3c[nH]c4ccccc34)CC2)cc1OC. The van der Waals surface area contributed by atoms with Gasteiger partial charge in [0.05, 0.1) is 14.2 Å². The van der Waals surface area contributed by atoms with Crippen LogP contribution in [0.4, 0.5) is 0 Å². The van der Waals surface area contributed by atoms with Crippen molar-refractivity contribution in [1.29, 1.82) is 0 Å². The van der Waals surface area contributed by atoms with E-state index in [0.717, 1.165) is 11.1 Å². The fourth-order valence-corrected chi connectivity index (χ4v) is 4.05. The largest absolute Gasteiger partial charge is 0.493 e. The lowest BCUT2D eigenvalue weighted by molar-refractivity contribution is -0.132. The van der Waals surface area contributed by atoms with Crippen LogP contribution in [0.1, 0.15) is 22.3 Å². The van der Waals surface area contributed by atoms with Gasteiger partial charge in [-0.15, -0.1) is 0 Å². The minimum absolute atomic E-state index is 0.0631. The van der Waals surface area contributed by atoms with Gasteiger partial charge in [0.25, 0.3) is 5.91 Å². The quantitative estimate of drug-likeness (QED) is 0.664. The third-order valence-electron chi connectivity index (χ3n) is 5.83. The van der Waals surface area contributed by atoms with Crippen LogP contribution in [0.3, 0.4) is 0 Å². The molecule has 0 atom stereocenters. The van der Waals surface area contributed by atoms with Crippen molar-refractivity contribution in [1.82, 2.24) is 14.8 Å². The van der Waals surface area contributed by atoms with Gasteiger partial charge in [0.15, 0.2) is 11.5 Å². The number of aromatic nitrogens is 1. The molecule has 2 amide bonds. The molecular weight excluding hydrogens is 394 g/mol. The van der Waals surface area contributed by atoms with Crippen LogP contribution in [0.15, 0.2) is 48.7 Å². The number of aromatic amines is 1. The van der Waals surface area contributed by atoms with E-state index < -0.39 is 0 Å². The minimum Gasteiger partial charge on any atom is -0.493 e. The summed E-state index contributed by atoms with van der Waals surface area (Å²) >= 11 is 0. The second-order valence-electron chi connectivity index (χ2n) is 7.60. The molecular formula is C24H27N3O4. The maximum absolute atomic E-state index is 12.9. The number of carbonyl (C=O) groups is 2. The number of fused-ring (bicyclic) bond motifs is 1. The van der Waals surface area contributed by atoms with E-state index in [4.69, 9.17) is 9.47 Å². The molecule has 7 nitrogen and oxygen atoms in total. The number of ether oxygens (including phenoxy) is 2. The van der Waals surface area contributed by atoms with Gasteiger partial charge in [-0.05, 0) is 36.2 Å². The molecule has 0 aliphatic carbocycles. The van der Waals surface area contributed by atoms with E-state index >= 15 is 0 Å². The molecule has 2 aromatic carbocycles. The topological polar surface area (TPSA) is 74.9 Å².